The van der Waals surface area contributed by atoms with E-state index < -0.39 is 0 Å². The first-order valence-electron chi connectivity index (χ1n) is 4.97. The van der Waals surface area contributed by atoms with Crippen LogP contribution in [0.3, 0.4) is 0 Å². The molecule has 3 heteroatoms. The number of allylic oxidation sites excluding steroid dienone is 1. The fourth-order valence-corrected chi connectivity index (χ4v) is 1.94. The van der Waals surface area contributed by atoms with Crippen LogP contribution in [0.25, 0.3) is 0 Å². The van der Waals surface area contributed by atoms with Crippen molar-refractivity contribution in [1.29, 1.82) is 0 Å². The molecule has 1 aromatic rings. The van der Waals surface area contributed by atoms with Gasteiger partial charge in [-0.3, -0.25) is 0 Å². The molecule has 1 aromatic heterocycles. The molecule has 0 aromatic carbocycles. The summed E-state index contributed by atoms with van der Waals surface area (Å²) in [4.78, 5) is 4.40. The number of aryl methyl sites for hydroxylation is 1. The molecule has 1 heterocycles. The highest BCUT2D eigenvalue weighted by Crippen LogP contribution is 2.08. The van der Waals surface area contributed by atoms with E-state index in [2.05, 4.69) is 29.2 Å². The highest BCUT2D eigenvalue weighted by molar-refractivity contribution is 7.09. The van der Waals surface area contributed by atoms with Crippen molar-refractivity contribution in [2.45, 2.75) is 39.3 Å². The van der Waals surface area contributed by atoms with Crippen LogP contribution in [-0.4, -0.2) is 11.0 Å². The van der Waals surface area contributed by atoms with Crippen molar-refractivity contribution in [3.05, 3.63) is 28.7 Å². The Morgan fingerprint density at radius 2 is 2.50 bits per heavy atom. The van der Waals surface area contributed by atoms with Gasteiger partial charge in [0.2, 0.25) is 0 Å². The molecule has 1 atom stereocenters. The predicted molar refractivity (Wildman–Crippen MR) is 62.6 cm³/mol. The van der Waals surface area contributed by atoms with E-state index >= 15 is 0 Å². The first kappa shape index (κ1) is 11.4. The Morgan fingerprint density at radius 3 is 3.07 bits per heavy atom. The molecule has 1 N–H and O–H groups in total. The van der Waals surface area contributed by atoms with Gasteiger partial charge in [-0.05, 0) is 26.7 Å². The molecule has 0 fully saturated rings. The lowest BCUT2D eigenvalue weighted by Gasteiger charge is -2.10. The number of rotatable bonds is 6. The van der Waals surface area contributed by atoms with Crippen LogP contribution in [0.2, 0.25) is 0 Å². The third kappa shape index (κ3) is 4.03. The second-order valence-electron chi connectivity index (χ2n) is 3.53. The summed E-state index contributed by atoms with van der Waals surface area (Å²) in [7, 11) is 0. The highest BCUT2D eigenvalue weighted by Gasteiger charge is 2.02. The molecule has 0 bridgehead atoms. The first-order chi connectivity index (χ1) is 6.72. The summed E-state index contributed by atoms with van der Waals surface area (Å²) in [6.07, 6.45) is 4.19. The zero-order valence-electron chi connectivity index (χ0n) is 8.92. The Morgan fingerprint density at radius 1 is 1.71 bits per heavy atom. The van der Waals surface area contributed by atoms with Gasteiger partial charge in [0.15, 0.2) is 0 Å². The number of nitrogens with one attached hydrogen (secondary N) is 1. The maximum atomic E-state index is 4.40. The molecule has 1 unspecified atom stereocenters. The summed E-state index contributed by atoms with van der Waals surface area (Å²) in [6, 6.07) is 0.539. The van der Waals surface area contributed by atoms with Crippen molar-refractivity contribution >= 4 is 11.3 Å². The topological polar surface area (TPSA) is 24.9 Å². The molecule has 0 aliphatic heterocycles. The van der Waals surface area contributed by atoms with E-state index in [-0.39, 0.29) is 0 Å². The van der Waals surface area contributed by atoms with Crippen LogP contribution in [0.5, 0.6) is 0 Å². The van der Waals surface area contributed by atoms with Gasteiger partial charge in [0.1, 0.15) is 5.01 Å². The molecule has 0 aliphatic carbocycles. The Bertz CT molecular complexity index is 281. The van der Waals surface area contributed by atoms with Gasteiger partial charge >= 0.3 is 0 Å². The smallest absolute Gasteiger partial charge is 0.107 e. The zero-order valence-corrected chi connectivity index (χ0v) is 9.73. The standard InChI is InChI=1S/C11H18N2S/c1-4-5-6-9(2)12-7-11-13-10(3)8-14-11/h4,8-9,12H,1,5-7H2,2-3H3. The van der Waals surface area contributed by atoms with Crippen molar-refractivity contribution in [2.75, 3.05) is 0 Å². The fraction of sp³-hybridized carbons (Fsp3) is 0.545. The molecular formula is C11H18N2S. The van der Waals surface area contributed by atoms with E-state index in [1.807, 2.05) is 13.0 Å². The normalized spacial score (nSPS) is 12.7. The quantitative estimate of drug-likeness (QED) is 0.730. The number of thiazole rings is 1. The first-order valence-corrected chi connectivity index (χ1v) is 5.85. The van der Waals surface area contributed by atoms with Crippen LogP contribution in [0.1, 0.15) is 30.5 Å². The minimum Gasteiger partial charge on any atom is -0.308 e. The van der Waals surface area contributed by atoms with Crippen LogP contribution in [0.4, 0.5) is 0 Å². The van der Waals surface area contributed by atoms with Crippen LogP contribution >= 0.6 is 11.3 Å². The molecule has 0 saturated carbocycles. The summed E-state index contributed by atoms with van der Waals surface area (Å²) in [5.41, 5.74) is 1.12. The Kier molecular flexibility index (Phi) is 4.84. The summed E-state index contributed by atoms with van der Waals surface area (Å²) in [5, 5.41) is 6.71. The van der Waals surface area contributed by atoms with Crippen LogP contribution in [0, 0.1) is 6.92 Å². The minimum absolute atomic E-state index is 0.539. The van der Waals surface area contributed by atoms with Gasteiger partial charge in [-0.15, -0.1) is 17.9 Å². The van der Waals surface area contributed by atoms with Crippen LogP contribution < -0.4 is 5.32 Å². The second kappa shape index (κ2) is 5.94. The number of hydrogen-bond acceptors (Lipinski definition) is 3. The summed E-state index contributed by atoms with van der Waals surface area (Å²) in [5.74, 6) is 0. The monoisotopic (exact) mass is 210 g/mol. The molecule has 0 radical (unpaired) electrons. The van der Waals surface area contributed by atoms with Gasteiger partial charge in [-0.25, -0.2) is 4.98 Å². The van der Waals surface area contributed by atoms with Gasteiger partial charge in [-0.1, -0.05) is 6.08 Å². The molecule has 0 saturated heterocycles. The molecular weight excluding hydrogens is 192 g/mol. The lowest BCUT2D eigenvalue weighted by molar-refractivity contribution is 0.517. The second-order valence-corrected chi connectivity index (χ2v) is 4.47. The van der Waals surface area contributed by atoms with E-state index in [1.54, 1.807) is 11.3 Å². The number of hydrogen-bond donors (Lipinski definition) is 1. The molecule has 0 aliphatic rings. The van der Waals surface area contributed by atoms with E-state index in [1.165, 1.54) is 5.01 Å². The van der Waals surface area contributed by atoms with Crippen molar-refractivity contribution in [2.24, 2.45) is 0 Å². The molecule has 0 amide bonds. The van der Waals surface area contributed by atoms with Gasteiger partial charge in [-0.2, -0.15) is 0 Å². The van der Waals surface area contributed by atoms with Crippen LogP contribution in [0.15, 0.2) is 18.0 Å². The zero-order chi connectivity index (χ0) is 10.4. The minimum atomic E-state index is 0.539. The summed E-state index contributed by atoms with van der Waals surface area (Å²) < 4.78 is 0. The maximum Gasteiger partial charge on any atom is 0.107 e. The Hall–Kier alpha value is -0.670. The van der Waals surface area contributed by atoms with Crippen molar-refractivity contribution < 1.29 is 0 Å². The van der Waals surface area contributed by atoms with E-state index in [9.17, 15) is 0 Å². The molecule has 14 heavy (non-hydrogen) atoms. The number of nitrogens with zero attached hydrogens (tertiary/aromatic N) is 1. The average molecular weight is 210 g/mol. The lowest BCUT2D eigenvalue weighted by Crippen LogP contribution is -2.25. The largest absolute Gasteiger partial charge is 0.308 e. The van der Waals surface area contributed by atoms with Gasteiger partial charge in [0.05, 0.1) is 0 Å². The van der Waals surface area contributed by atoms with Crippen LogP contribution in [-0.2, 0) is 6.54 Å². The lowest BCUT2D eigenvalue weighted by atomic mass is 10.2. The average Bonchev–Trinajstić information content (AvgIpc) is 2.58. The molecule has 78 valence electrons. The van der Waals surface area contributed by atoms with Crippen molar-refractivity contribution in [1.82, 2.24) is 10.3 Å². The number of aromatic nitrogens is 1. The van der Waals surface area contributed by atoms with E-state index in [4.69, 9.17) is 0 Å². The van der Waals surface area contributed by atoms with Gasteiger partial charge < -0.3 is 5.32 Å². The third-order valence-electron chi connectivity index (χ3n) is 2.07. The van der Waals surface area contributed by atoms with Crippen molar-refractivity contribution in [3.8, 4) is 0 Å². The predicted octanol–water partition coefficient (Wildman–Crippen LogP) is 2.90. The fourth-order valence-electron chi connectivity index (χ4n) is 1.22. The summed E-state index contributed by atoms with van der Waals surface area (Å²) >= 11 is 1.72. The Labute approximate surface area is 90.1 Å². The third-order valence-corrected chi connectivity index (χ3v) is 3.04. The highest BCUT2D eigenvalue weighted by atomic mass is 32.1. The van der Waals surface area contributed by atoms with E-state index in [0.717, 1.165) is 25.1 Å². The van der Waals surface area contributed by atoms with Gasteiger partial charge in [0.25, 0.3) is 0 Å². The Balaban J connectivity index is 2.23. The SMILES string of the molecule is C=CCCC(C)NCc1nc(C)cs1. The molecule has 0 spiro atoms. The molecule has 2 nitrogen and oxygen atoms in total. The van der Waals surface area contributed by atoms with Crippen molar-refractivity contribution in [3.63, 3.8) is 0 Å². The van der Waals surface area contributed by atoms with Gasteiger partial charge in [0, 0.05) is 23.7 Å². The summed E-state index contributed by atoms with van der Waals surface area (Å²) in [6.45, 7) is 8.83. The van der Waals surface area contributed by atoms with E-state index in [0.29, 0.717) is 6.04 Å². The maximum absolute atomic E-state index is 4.40. The molecule has 1 rings (SSSR count).